The van der Waals surface area contributed by atoms with E-state index in [4.69, 9.17) is 0 Å². The minimum absolute atomic E-state index is 0.0327. The molecule has 2 aromatic rings. The van der Waals surface area contributed by atoms with Gasteiger partial charge in [0.1, 0.15) is 5.82 Å². The van der Waals surface area contributed by atoms with Crippen molar-refractivity contribution in [2.75, 3.05) is 5.32 Å². The number of anilines is 1. The molecule has 1 atom stereocenters. The molecule has 22 heavy (non-hydrogen) atoms. The van der Waals surface area contributed by atoms with Crippen molar-refractivity contribution in [2.24, 2.45) is 0 Å². The summed E-state index contributed by atoms with van der Waals surface area (Å²) in [5, 5.41) is 13.0. The molecule has 0 saturated heterocycles. The van der Waals surface area contributed by atoms with Crippen LogP contribution in [0.2, 0.25) is 0 Å². The van der Waals surface area contributed by atoms with Gasteiger partial charge in [-0.3, -0.25) is 14.9 Å². The van der Waals surface area contributed by atoms with E-state index in [9.17, 15) is 14.9 Å². The number of thioether (sulfide) groups is 1. The summed E-state index contributed by atoms with van der Waals surface area (Å²) in [7, 11) is 0. The van der Waals surface area contributed by atoms with Crippen molar-refractivity contribution in [1.29, 1.82) is 0 Å². The monoisotopic (exact) mass is 317 g/mol. The first kappa shape index (κ1) is 16.0. The number of nitrogens with zero attached hydrogens (tertiary/aromatic N) is 2. The molecule has 0 aliphatic carbocycles. The Kier molecular flexibility index (Phi) is 5.11. The third-order valence-corrected chi connectivity index (χ3v) is 4.00. The van der Waals surface area contributed by atoms with Crippen LogP contribution in [0.4, 0.5) is 11.5 Å². The van der Waals surface area contributed by atoms with Gasteiger partial charge in [-0.05, 0) is 37.6 Å². The number of aromatic nitrogens is 1. The minimum atomic E-state index is -0.451. The maximum absolute atomic E-state index is 12.1. The van der Waals surface area contributed by atoms with Crippen LogP contribution in [-0.4, -0.2) is 21.1 Å². The second-order valence-corrected chi connectivity index (χ2v) is 6.14. The Hall–Kier alpha value is -2.41. The minimum Gasteiger partial charge on any atom is -0.310 e. The van der Waals surface area contributed by atoms with Gasteiger partial charge in [0.15, 0.2) is 0 Å². The van der Waals surface area contributed by atoms with E-state index in [1.807, 2.05) is 13.0 Å². The fraction of sp³-hybridized carbons (Fsp3) is 0.200. The summed E-state index contributed by atoms with van der Waals surface area (Å²) in [6.45, 7) is 3.70. The van der Waals surface area contributed by atoms with E-state index in [1.165, 1.54) is 23.9 Å². The highest BCUT2D eigenvalue weighted by atomic mass is 32.2. The highest BCUT2D eigenvalue weighted by Gasteiger charge is 2.15. The van der Waals surface area contributed by atoms with Crippen LogP contribution < -0.4 is 5.32 Å². The second-order valence-electron chi connectivity index (χ2n) is 4.72. The Morgan fingerprint density at radius 1 is 1.27 bits per heavy atom. The molecule has 1 unspecified atom stereocenters. The first-order valence-corrected chi connectivity index (χ1v) is 7.48. The summed E-state index contributed by atoms with van der Waals surface area (Å²) in [6, 6.07) is 9.74. The zero-order chi connectivity index (χ0) is 16.1. The van der Waals surface area contributed by atoms with Crippen LogP contribution in [0, 0.1) is 17.0 Å². The number of carbonyl (C=O) groups is 1. The molecule has 0 bridgehead atoms. The molecule has 1 heterocycles. The molecule has 0 aliphatic heterocycles. The van der Waals surface area contributed by atoms with E-state index in [2.05, 4.69) is 10.3 Å². The van der Waals surface area contributed by atoms with Gasteiger partial charge in [0.05, 0.1) is 10.2 Å². The smallest absolute Gasteiger partial charge is 0.269 e. The van der Waals surface area contributed by atoms with Gasteiger partial charge < -0.3 is 5.32 Å². The molecule has 7 heteroatoms. The van der Waals surface area contributed by atoms with Gasteiger partial charge in [0.25, 0.3) is 5.69 Å². The Bertz CT molecular complexity index is 671. The molecule has 0 spiro atoms. The van der Waals surface area contributed by atoms with Crippen LogP contribution in [0.25, 0.3) is 0 Å². The molecule has 0 saturated carbocycles. The van der Waals surface area contributed by atoms with Gasteiger partial charge in [-0.1, -0.05) is 6.07 Å². The molecular weight excluding hydrogens is 302 g/mol. The number of benzene rings is 1. The number of rotatable bonds is 5. The van der Waals surface area contributed by atoms with Gasteiger partial charge in [0, 0.05) is 23.2 Å². The Morgan fingerprint density at radius 3 is 2.50 bits per heavy atom. The Labute approximate surface area is 132 Å². The maximum atomic E-state index is 12.1. The molecule has 2 rings (SSSR count). The normalized spacial score (nSPS) is 11.7. The number of aryl methyl sites for hydroxylation is 1. The number of carbonyl (C=O) groups excluding carboxylic acids is 1. The van der Waals surface area contributed by atoms with Crippen LogP contribution in [-0.2, 0) is 4.79 Å². The van der Waals surface area contributed by atoms with E-state index in [0.717, 1.165) is 10.5 Å². The van der Waals surface area contributed by atoms with E-state index in [-0.39, 0.29) is 16.8 Å². The topological polar surface area (TPSA) is 85.1 Å². The van der Waals surface area contributed by atoms with Crippen LogP contribution in [0.15, 0.2) is 47.5 Å². The number of hydrogen-bond donors (Lipinski definition) is 1. The average molecular weight is 317 g/mol. The van der Waals surface area contributed by atoms with E-state index in [1.54, 1.807) is 31.3 Å². The van der Waals surface area contributed by atoms with Crippen LogP contribution >= 0.6 is 11.8 Å². The van der Waals surface area contributed by atoms with Gasteiger partial charge in [-0.25, -0.2) is 4.98 Å². The standard InChI is InChI=1S/C15H15N3O3S/c1-10-3-8-14(16-9-10)17-15(19)11(2)22-13-6-4-12(5-7-13)18(20)21/h3-9,11H,1-2H3,(H,16,17,19). The van der Waals surface area contributed by atoms with Crippen LogP contribution in [0.1, 0.15) is 12.5 Å². The molecule has 1 aromatic heterocycles. The van der Waals surface area contributed by atoms with Crippen LogP contribution in [0.3, 0.4) is 0 Å². The van der Waals surface area contributed by atoms with Crippen LogP contribution in [0.5, 0.6) is 0 Å². The number of amides is 1. The SMILES string of the molecule is Cc1ccc(NC(=O)C(C)Sc2ccc([N+](=O)[O-])cc2)nc1. The summed E-state index contributed by atoms with van der Waals surface area (Å²) in [4.78, 5) is 27.2. The van der Waals surface area contributed by atoms with E-state index < -0.39 is 4.92 Å². The fourth-order valence-corrected chi connectivity index (χ4v) is 2.54. The number of nitro groups is 1. The first-order valence-electron chi connectivity index (χ1n) is 6.60. The fourth-order valence-electron chi connectivity index (χ4n) is 1.67. The molecule has 1 amide bonds. The number of pyridine rings is 1. The third kappa shape index (κ3) is 4.29. The van der Waals surface area contributed by atoms with E-state index >= 15 is 0 Å². The third-order valence-electron chi connectivity index (χ3n) is 2.89. The van der Waals surface area contributed by atoms with Crippen molar-refractivity contribution in [2.45, 2.75) is 24.0 Å². The average Bonchev–Trinajstić information content (AvgIpc) is 2.50. The van der Waals surface area contributed by atoms with Crippen molar-refractivity contribution in [3.8, 4) is 0 Å². The molecule has 114 valence electrons. The summed E-state index contributed by atoms with van der Waals surface area (Å²) >= 11 is 1.33. The lowest BCUT2D eigenvalue weighted by Gasteiger charge is -2.11. The zero-order valence-electron chi connectivity index (χ0n) is 12.1. The zero-order valence-corrected chi connectivity index (χ0v) is 13.0. The van der Waals surface area contributed by atoms with Gasteiger partial charge in [0.2, 0.25) is 5.91 Å². The molecule has 0 radical (unpaired) electrons. The summed E-state index contributed by atoms with van der Waals surface area (Å²) < 4.78 is 0. The lowest BCUT2D eigenvalue weighted by Crippen LogP contribution is -2.22. The first-order chi connectivity index (χ1) is 10.5. The molecule has 6 nitrogen and oxygen atoms in total. The number of nitrogens with one attached hydrogen (secondary N) is 1. The van der Waals surface area contributed by atoms with Crippen molar-refractivity contribution >= 4 is 29.2 Å². The van der Waals surface area contributed by atoms with Gasteiger partial charge in [-0.15, -0.1) is 11.8 Å². The lowest BCUT2D eigenvalue weighted by atomic mass is 10.3. The quantitative estimate of drug-likeness (QED) is 0.519. The predicted octanol–water partition coefficient (Wildman–Crippen LogP) is 3.42. The molecule has 0 fully saturated rings. The predicted molar refractivity (Wildman–Crippen MR) is 86.0 cm³/mol. The molecule has 1 N–H and O–H groups in total. The van der Waals surface area contributed by atoms with Crippen molar-refractivity contribution in [1.82, 2.24) is 4.98 Å². The molecule has 0 aliphatic rings. The summed E-state index contributed by atoms with van der Waals surface area (Å²) in [5.41, 5.74) is 1.05. The molecular formula is C15H15N3O3S. The van der Waals surface area contributed by atoms with Crippen molar-refractivity contribution in [3.63, 3.8) is 0 Å². The highest BCUT2D eigenvalue weighted by molar-refractivity contribution is 8.00. The van der Waals surface area contributed by atoms with Gasteiger partial charge >= 0.3 is 0 Å². The summed E-state index contributed by atoms with van der Waals surface area (Å²) in [5.74, 6) is 0.339. The van der Waals surface area contributed by atoms with Crippen molar-refractivity contribution < 1.29 is 9.72 Å². The second kappa shape index (κ2) is 7.04. The van der Waals surface area contributed by atoms with Crippen molar-refractivity contribution in [3.05, 3.63) is 58.3 Å². The largest absolute Gasteiger partial charge is 0.310 e. The lowest BCUT2D eigenvalue weighted by molar-refractivity contribution is -0.384. The van der Waals surface area contributed by atoms with E-state index in [0.29, 0.717) is 5.82 Å². The number of nitro benzene ring substituents is 1. The summed E-state index contributed by atoms with van der Waals surface area (Å²) in [6.07, 6.45) is 1.68. The Morgan fingerprint density at radius 2 is 1.95 bits per heavy atom. The highest BCUT2D eigenvalue weighted by Crippen LogP contribution is 2.26. The molecule has 1 aromatic carbocycles. The number of hydrogen-bond acceptors (Lipinski definition) is 5. The maximum Gasteiger partial charge on any atom is 0.269 e. The Balaban J connectivity index is 1.95. The number of non-ortho nitro benzene ring substituents is 1. The van der Waals surface area contributed by atoms with Gasteiger partial charge in [-0.2, -0.15) is 0 Å².